The van der Waals surface area contributed by atoms with Gasteiger partial charge in [-0.25, -0.2) is 9.55 Å². The van der Waals surface area contributed by atoms with Crippen LogP contribution in [0.5, 0.6) is 0 Å². The Balaban J connectivity index is 1.73. The zero-order valence-electron chi connectivity index (χ0n) is 13.7. The fraction of sp³-hybridized carbons (Fsp3) is 0.733. The van der Waals surface area contributed by atoms with E-state index in [1.165, 1.54) is 17.2 Å². The van der Waals surface area contributed by atoms with Crippen LogP contribution in [-0.2, 0) is 16.1 Å². The highest BCUT2D eigenvalue weighted by atomic mass is 16.6. The molecule has 1 aromatic rings. The molecule has 8 heteroatoms. The lowest BCUT2D eigenvalue weighted by Crippen LogP contribution is -2.38. The van der Waals surface area contributed by atoms with Gasteiger partial charge in [0.2, 0.25) is 0 Å². The number of imidazole rings is 1. The van der Waals surface area contributed by atoms with Crippen LogP contribution in [0.3, 0.4) is 0 Å². The van der Waals surface area contributed by atoms with Crippen LogP contribution in [0.15, 0.2) is 6.20 Å². The largest absolute Gasteiger partial charge is 0.461 e. The van der Waals surface area contributed by atoms with Crippen molar-refractivity contribution in [3.8, 4) is 0 Å². The molecule has 128 valence electrons. The molecule has 1 aliphatic heterocycles. The van der Waals surface area contributed by atoms with E-state index in [4.69, 9.17) is 4.74 Å². The van der Waals surface area contributed by atoms with Gasteiger partial charge in [0.15, 0.2) is 5.82 Å². The number of carbonyl (C=O) groups is 1. The first kappa shape index (κ1) is 17.4. The molecule has 0 saturated carbocycles. The van der Waals surface area contributed by atoms with E-state index in [0.29, 0.717) is 12.4 Å². The zero-order chi connectivity index (χ0) is 16.8. The number of aryl methyl sites for hydroxylation is 1. The minimum atomic E-state index is -0.486. The minimum Gasteiger partial charge on any atom is -0.461 e. The number of nitrogens with zero attached hydrogens (tertiary/aromatic N) is 4. The van der Waals surface area contributed by atoms with Crippen molar-refractivity contribution >= 4 is 11.8 Å². The maximum absolute atomic E-state index is 11.9. The van der Waals surface area contributed by atoms with Gasteiger partial charge in [-0.05, 0) is 36.8 Å². The van der Waals surface area contributed by atoms with Crippen LogP contribution >= 0.6 is 0 Å². The Morgan fingerprint density at radius 1 is 1.48 bits per heavy atom. The highest BCUT2D eigenvalue weighted by Gasteiger charge is 2.21. The normalized spacial score (nSPS) is 16.4. The van der Waals surface area contributed by atoms with Crippen LogP contribution in [0.2, 0.25) is 0 Å². The van der Waals surface area contributed by atoms with Crippen LogP contribution in [0.25, 0.3) is 0 Å². The Kier molecular flexibility index (Phi) is 6.09. The molecule has 0 radical (unpaired) electrons. The molecule has 0 atom stereocenters. The minimum absolute atomic E-state index is 0.0832. The molecule has 2 rings (SSSR count). The van der Waals surface area contributed by atoms with E-state index >= 15 is 0 Å². The van der Waals surface area contributed by atoms with E-state index in [9.17, 15) is 14.9 Å². The number of piperidine rings is 1. The summed E-state index contributed by atoms with van der Waals surface area (Å²) in [6, 6.07) is 0. The van der Waals surface area contributed by atoms with Gasteiger partial charge in [-0.1, -0.05) is 13.3 Å². The van der Waals surface area contributed by atoms with Crippen molar-refractivity contribution in [2.45, 2.75) is 39.7 Å². The van der Waals surface area contributed by atoms with Gasteiger partial charge in [-0.15, -0.1) is 0 Å². The van der Waals surface area contributed by atoms with Gasteiger partial charge in [-0.3, -0.25) is 9.69 Å². The Bertz CT molecular complexity index is 550. The summed E-state index contributed by atoms with van der Waals surface area (Å²) in [5.74, 6) is 0.946. The summed E-state index contributed by atoms with van der Waals surface area (Å²) in [5.41, 5.74) is 0. The molecule has 0 spiro atoms. The van der Waals surface area contributed by atoms with Crippen molar-refractivity contribution in [3.63, 3.8) is 0 Å². The molecule has 0 amide bonds. The Morgan fingerprint density at radius 2 is 2.17 bits per heavy atom. The third-order valence-corrected chi connectivity index (χ3v) is 4.44. The Labute approximate surface area is 135 Å². The molecule has 8 nitrogen and oxygen atoms in total. The predicted molar refractivity (Wildman–Crippen MR) is 84.0 cm³/mol. The van der Waals surface area contributed by atoms with Crippen LogP contribution in [0.4, 0.5) is 5.82 Å². The molecule has 1 aliphatic rings. The van der Waals surface area contributed by atoms with Gasteiger partial charge < -0.3 is 14.9 Å². The summed E-state index contributed by atoms with van der Waals surface area (Å²) in [6.07, 6.45) is 4.67. The third kappa shape index (κ3) is 4.75. The topological polar surface area (TPSA) is 90.5 Å². The van der Waals surface area contributed by atoms with Crippen molar-refractivity contribution < 1.29 is 14.5 Å². The first-order chi connectivity index (χ1) is 11.0. The van der Waals surface area contributed by atoms with Crippen LogP contribution in [0.1, 0.15) is 32.0 Å². The number of aromatic nitrogens is 2. The summed E-state index contributed by atoms with van der Waals surface area (Å²) in [7, 11) is 0. The molecule has 1 aromatic heterocycles. The average Bonchev–Trinajstić information content (AvgIpc) is 2.89. The number of ether oxygens (including phenoxy) is 1. The quantitative estimate of drug-likeness (QED) is 0.431. The zero-order valence-corrected chi connectivity index (χ0v) is 13.7. The molecule has 23 heavy (non-hydrogen) atoms. The molecule has 0 aliphatic carbocycles. The summed E-state index contributed by atoms with van der Waals surface area (Å²) < 4.78 is 6.65. The average molecular weight is 324 g/mol. The standard InChI is InChI=1S/C15H24N4O4/c1-3-13-4-6-17(7-5-13)11-15(20)23-9-8-18-12(2)16-10-14(18)19(21)22/h10,13H,3-9,11H2,1-2H3. The highest BCUT2D eigenvalue weighted by molar-refractivity contribution is 5.71. The highest BCUT2D eigenvalue weighted by Crippen LogP contribution is 2.19. The number of nitro groups is 1. The second-order valence-corrected chi connectivity index (χ2v) is 5.92. The number of hydrogen-bond donors (Lipinski definition) is 0. The lowest BCUT2D eigenvalue weighted by Gasteiger charge is -2.30. The van der Waals surface area contributed by atoms with E-state index in [1.807, 2.05) is 0 Å². The second-order valence-electron chi connectivity index (χ2n) is 5.92. The lowest BCUT2D eigenvalue weighted by molar-refractivity contribution is -0.392. The number of rotatable bonds is 7. The summed E-state index contributed by atoms with van der Waals surface area (Å²) in [4.78, 5) is 28.3. The molecule has 0 unspecified atom stereocenters. The van der Waals surface area contributed by atoms with Gasteiger partial charge in [0.05, 0.1) is 6.54 Å². The first-order valence-corrected chi connectivity index (χ1v) is 8.05. The molecule has 0 N–H and O–H groups in total. The molecule has 1 saturated heterocycles. The van der Waals surface area contributed by atoms with Crippen molar-refractivity contribution in [3.05, 3.63) is 22.1 Å². The molecule has 0 aromatic carbocycles. The maximum atomic E-state index is 11.9. The second kappa shape index (κ2) is 8.05. The van der Waals surface area contributed by atoms with E-state index < -0.39 is 4.92 Å². The van der Waals surface area contributed by atoms with Gasteiger partial charge >= 0.3 is 11.8 Å². The number of esters is 1. The molecule has 0 bridgehead atoms. The van der Waals surface area contributed by atoms with Crippen LogP contribution in [-0.4, -0.2) is 51.6 Å². The van der Waals surface area contributed by atoms with Gasteiger partial charge in [0.25, 0.3) is 0 Å². The molecule has 2 heterocycles. The van der Waals surface area contributed by atoms with Gasteiger partial charge in [0.1, 0.15) is 19.3 Å². The smallest absolute Gasteiger partial charge is 0.342 e. The van der Waals surface area contributed by atoms with Crippen molar-refractivity contribution in [2.24, 2.45) is 5.92 Å². The maximum Gasteiger partial charge on any atom is 0.342 e. The monoisotopic (exact) mass is 324 g/mol. The number of hydrogen-bond acceptors (Lipinski definition) is 6. The van der Waals surface area contributed by atoms with E-state index in [-0.39, 0.29) is 24.9 Å². The Morgan fingerprint density at radius 3 is 2.78 bits per heavy atom. The van der Waals surface area contributed by atoms with E-state index in [0.717, 1.165) is 31.8 Å². The van der Waals surface area contributed by atoms with Gasteiger partial charge in [0, 0.05) is 6.92 Å². The van der Waals surface area contributed by atoms with Gasteiger partial charge in [-0.2, -0.15) is 0 Å². The number of likely N-dealkylation sites (tertiary alicyclic amines) is 1. The summed E-state index contributed by atoms with van der Waals surface area (Å²) in [5, 5.41) is 10.9. The van der Waals surface area contributed by atoms with E-state index in [2.05, 4.69) is 16.8 Å². The third-order valence-electron chi connectivity index (χ3n) is 4.44. The molecular formula is C15H24N4O4. The predicted octanol–water partition coefficient (Wildman–Crippen LogP) is 1.76. The SMILES string of the molecule is CCC1CCN(CC(=O)OCCn2c([N+](=O)[O-])cnc2C)CC1. The van der Waals surface area contributed by atoms with E-state index in [1.54, 1.807) is 6.92 Å². The first-order valence-electron chi connectivity index (χ1n) is 8.05. The van der Waals surface area contributed by atoms with Crippen LogP contribution in [0, 0.1) is 23.0 Å². The summed E-state index contributed by atoms with van der Waals surface area (Å²) >= 11 is 0. The lowest BCUT2D eigenvalue weighted by atomic mass is 9.94. The fourth-order valence-electron chi connectivity index (χ4n) is 2.91. The van der Waals surface area contributed by atoms with Crippen molar-refractivity contribution in [1.82, 2.24) is 14.5 Å². The van der Waals surface area contributed by atoms with Crippen molar-refractivity contribution in [2.75, 3.05) is 26.2 Å². The molecular weight excluding hydrogens is 300 g/mol. The van der Waals surface area contributed by atoms with Crippen molar-refractivity contribution in [1.29, 1.82) is 0 Å². The van der Waals surface area contributed by atoms with Crippen LogP contribution < -0.4 is 0 Å². The Hall–Kier alpha value is -1.96. The molecule has 1 fully saturated rings. The fourth-order valence-corrected chi connectivity index (χ4v) is 2.91. The summed E-state index contributed by atoms with van der Waals surface area (Å²) in [6.45, 7) is 6.40. The number of carbonyl (C=O) groups excluding carboxylic acids is 1.